The number of hydrogen-bond donors (Lipinski definition) is 1. The van der Waals surface area contributed by atoms with Crippen LogP contribution in [0, 0.1) is 0 Å². The lowest BCUT2D eigenvalue weighted by molar-refractivity contribution is -0.128. The zero-order valence-corrected chi connectivity index (χ0v) is 11.5. The van der Waals surface area contributed by atoms with E-state index in [1.165, 1.54) is 5.56 Å². The van der Waals surface area contributed by atoms with Gasteiger partial charge in [0.25, 0.3) is 0 Å². The molecule has 3 heteroatoms. The minimum atomic E-state index is -0.146. The van der Waals surface area contributed by atoms with Crippen LogP contribution in [0.5, 0.6) is 0 Å². The second kappa shape index (κ2) is 5.47. The molecule has 20 heavy (non-hydrogen) atoms. The second-order valence-corrected chi connectivity index (χ2v) is 5.17. The molecule has 1 heterocycles. The number of likely N-dealkylation sites (N-methyl/N-ethyl adjacent to an activating group) is 1. The molecule has 1 saturated heterocycles. The largest absolute Gasteiger partial charge is 0.325 e. The molecule has 1 fully saturated rings. The van der Waals surface area contributed by atoms with Gasteiger partial charge in [-0.1, -0.05) is 60.7 Å². The molecule has 0 unspecified atom stereocenters. The molecular formula is C17H18N2O. The smallest absolute Gasteiger partial charge is 0.241 e. The summed E-state index contributed by atoms with van der Waals surface area (Å²) in [6.07, 6.45) is 0.699. The SMILES string of the molecule is CN1C(=O)[C@H](Cc2ccccc2)N[C@@H]1c1ccccc1. The molecule has 102 valence electrons. The van der Waals surface area contributed by atoms with Gasteiger partial charge in [0.05, 0.1) is 6.04 Å². The van der Waals surface area contributed by atoms with Crippen molar-refractivity contribution in [2.24, 2.45) is 0 Å². The zero-order chi connectivity index (χ0) is 13.9. The molecule has 0 saturated carbocycles. The zero-order valence-electron chi connectivity index (χ0n) is 11.5. The Labute approximate surface area is 119 Å². The Balaban J connectivity index is 1.77. The van der Waals surface area contributed by atoms with Gasteiger partial charge >= 0.3 is 0 Å². The highest BCUT2D eigenvalue weighted by Crippen LogP contribution is 2.24. The predicted molar refractivity (Wildman–Crippen MR) is 79.0 cm³/mol. The van der Waals surface area contributed by atoms with E-state index in [9.17, 15) is 4.79 Å². The van der Waals surface area contributed by atoms with Gasteiger partial charge in [0.2, 0.25) is 5.91 Å². The van der Waals surface area contributed by atoms with E-state index in [2.05, 4.69) is 17.4 Å². The molecular weight excluding hydrogens is 248 g/mol. The van der Waals surface area contributed by atoms with Crippen molar-refractivity contribution in [2.45, 2.75) is 18.6 Å². The summed E-state index contributed by atoms with van der Waals surface area (Å²) in [7, 11) is 1.86. The Morgan fingerprint density at radius 2 is 1.60 bits per heavy atom. The maximum Gasteiger partial charge on any atom is 0.241 e. The first-order valence-electron chi connectivity index (χ1n) is 6.87. The van der Waals surface area contributed by atoms with E-state index >= 15 is 0 Å². The Bertz CT molecular complexity index is 582. The van der Waals surface area contributed by atoms with E-state index in [1.807, 2.05) is 55.6 Å². The lowest BCUT2D eigenvalue weighted by Crippen LogP contribution is -2.31. The lowest BCUT2D eigenvalue weighted by atomic mass is 10.1. The number of benzene rings is 2. The molecule has 0 bridgehead atoms. The lowest BCUT2D eigenvalue weighted by Gasteiger charge is -2.19. The summed E-state index contributed by atoms with van der Waals surface area (Å²) in [5.41, 5.74) is 2.30. The van der Waals surface area contributed by atoms with Crippen LogP contribution in [0.15, 0.2) is 60.7 Å². The average molecular weight is 266 g/mol. The molecule has 1 N–H and O–H groups in total. The molecule has 1 amide bonds. The van der Waals surface area contributed by atoms with Crippen molar-refractivity contribution < 1.29 is 4.79 Å². The van der Waals surface area contributed by atoms with Crippen molar-refractivity contribution in [1.29, 1.82) is 0 Å². The number of nitrogens with zero attached hydrogens (tertiary/aromatic N) is 1. The van der Waals surface area contributed by atoms with Crippen LogP contribution in [0.1, 0.15) is 17.3 Å². The number of hydrogen-bond acceptors (Lipinski definition) is 2. The third-order valence-corrected chi connectivity index (χ3v) is 3.79. The van der Waals surface area contributed by atoms with Gasteiger partial charge in [-0.3, -0.25) is 10.1 Å². The summed E-state index contributed by atoms with van der Waals surface area (Å²) in [5.74, 6) is 0.155. The maximum absolute atomic E-state index is 12.4. The van der Waals surface area contributed by atoms with Crippen LogP contribution in [0.25, 0.3) is 0 Å². The van der Waals surface area contributed by atoms with Gasteiger partial charge in [-0.05, 0) is 17.5 Å². The first kappa shape index (κ1) is 12.9. The Morgan fingerprint density at radius 1 is 1.00 bits per heavy atom. The van der Waals surface area contributed by atoms with Gasteiger partial charge in [-0.15, -0.1) is 0 Å². The second-order valence-electron chi connectivity index (χ2n) is 5.17. The number of carbonyl (C=O) groups excluding carboxylic acids is 1. The van der Waals surface area contributed by atoms with Crippen LogP contribution >= 0.6 is 0 Å². The van der Waals surface area contributed by atoms with Crippen LogP contribution in [0.3, 0.4) is 0 Å². The molecule has 3 nitrogen and oxygen atoms in total. The monoisotopic (exact) mass is 266 g/mol. The fourth-order valence-corrected chi connectivity index (χ4v) is 2.70. The van der Waals surface area contributed by atoms with E-state index in [0.717, 1.165) is 12.0 Å². The molecule has 0 aromatic heterocycles. The standard InChI is InChI=1S/C17H18N2O/c1-19-16(14-10-6-3-7-11-14)18-15(17(19)20)12-13-8-4-2-5-9-13/h2-11,15-16,18H,12H2,1H3/t15-,16-/m0/s1. The summed E-state index contributed by atoms with van der Waals surface area (Å²) in [6, 6.07) is 20.1. The molecule has 1 aliphatic heterocycles. The fourth-order valence-electron chi connectivity index (χ4n) is 2.70. The Morgan fingerprint density at radius 3 is 2.25 bits per heavy atom. The van der Waals surface area contributed by atoms with E-state index in [0.29, 0.717) is 0 Å². The van der Waals surface area contributed by atoms with Crippen LogP contribution < -0.4 is 5.32 Å². The highest BCUT2D eigenvalue weighted by atomic mass is 16.2. The Hall–Kier alpha value is -2.13. The van der Waals surface area contributed by atoms with Crippen molar-refractivity contribution in [3.8, 4) is 0 Å². The van der Waals surface area contributed by atoms with Crippen molar-refractivity contribution in [3.05, 3.63) is 71.8 Å². The van der Waals surface area contributed by atoms with Gasteiger partial charge < -0.3 is 4.90 Å². The summed E-state index contributed by atoms with van der Waals surface area (Å²) >= 11 is 0. The molecule has 3 rings (SSSR count). The third-order valence-electron chi connectivity index (χ3n) is 3.79. The summed E-state index contributed by atoms with van der Waals surface area (Å²) in [5, 5.41) is 3.43. The van der Waals surface area contributed by atoms with E-state index < -0.39 is 0 Å². The quantitative estimate of drug-likeness (QED) is 0.925. The summed E-state index contributed by atoms with van der Waals surface area (Å²) in [6.45, 7) is 0. The van der Waals surface area contributed by atoms with Crippen LogP contribution in [0.4, 0.5) is 0 Å². The first-order valence-corrected chi connectivity index (χ1v) is 6.87. The summed E-state index contributed by atoms with van der Waals surface area (Å²) in [4.78, 5) is 14.2. The topological polar surface area (TPSA) is 32.3 Å². The maximum atomic E-state index is 12.4. The van der Waals surface area contributed by atoms with E-state index in [-0.39, 0.29) is 18.1 Å². The molecule has 0 radical (unpaired) electrons. The van der Waals surface area contributed by atoms with E-state index in [4.69, 9.17) is 0 Å². The molecule has 0 spiro atoms. The minimum absolute atomic E-state index is 0.0302. The number of rotatable bonds is 3. The van der Waals surface area contributed by atoms with Crippen molar-refractivity contribution in [3.63, 3.8) is 0 Å². The van der Waals surface area contributed by atoms with Crippen molar-refractivity contribution >= 4 is 5.91 Å². The fraction of sp³-hybridized carbons (Fsp3) is 0.235. The van der Waals surface area contributed by atoms with Gasteiger partial charge in [-0.25, -0.2) is 0 Å². The van der Waals surface area contributed by atoms with Gasteiger partial charge in [-0.2, -0.15) is 0 Å². The number of nitrogens with one attached hydrogen (secondary N) is 1. The molecule has 0 aliphatic carbocycles. The van der Waals surface area contributed by atoms with Crippen molar-refractivity contribution in [2.75, 3.05) is 7.05 Å². The van der Waals surface area contributed by atoms with Crippen molar-refractivity contribution in [1.82, 2.24) is 10.2 Å². The first-order chi connectivity index (χ1) is 9.75. The number of carbonyl (C=O) groups is 1. The van der Waals surface area contributed by atoms with Gasteiger partial charge in [0, 0.05) is 7.05 Å². The highest BCUT2D eigenvalue weighted by Gasteiger charge is 2.36. The molecule has 2 aromatic carbocycles. The summed E-state index contributed by atoms with van der Waals surface area (Å²) < 4.78 is 0. The average Bonchev–Trinajstić information content (AvgIpc) is 2.78. The highest BCUT2D eigenvalue weighted by molar-refractivity contribution is 5.84. The van der Waals surface area contributed by atoms with Gasteiger partial charge in [0.1, 0.15) is 6.17 Å². The third kappa shape index (κ3) is 2.45. The Kier molecular flexibility index (Phi) is 3.52. The normalized spacial score (nSPS) is 22.2. The van der Waals surface area contributed by atoms with Crippen LogP contribution in [-0.2, 0) is 11.2 Å². The molecule has 1 aliphatic rings. The van der Waals surface area contributed by atoms with Gasteiger partial charge in [0.15, 0.2) is 0 Å². The van der Waals surface area contributed by atoms with E-state index in [1.54, 1.807) is 4.90 Å². The minimum Gasteiger partial charge on any atom is -0.325 e. The molecule has 2 atom stereocenters. The van der Waals surface area contributed by atoms with Crippen LogP contribution in [-0.4, -0.2) is 23.9 Å². The molecule has 2 aromatic rings. The van der Waals surface area contributed by atoms with Crippen LogP contribution in [0.2, 0.25) is 0 Å². The predicted octanol–water partition coefficient (Wildman–Crippen LogP) is 2.36. The number of amides is 1.